The van der Waals surface area contributed by atoms with Crippen LogP contribution < -0.4 is 11.1 Å². The zero-order valence-electron chi connectivity index (χ0n) is 9.97. The van der Waals surface area contributed by atoms with Crippen molar-refractivity contribution in [2.45, 2.75) is 31.1 Å². The van der Waals surface area contributed by atoms with Crippen LogP contribution >= 0.6 is 0 Å². The normalized spacial score (nSPS) is 33.7. The Morgan fingerprint density at radius 1 is 1.47 bits per heavy atom. The van der Waals surface area contributed by atoms with E-state index in [2.05, 4.69) is 15.3 Å². The van der Waals surface area contributed by atoms with E-state index in [9.17, 15) is 10.2 Å². The predicted molar refractivity (Wildman–Crippen MR) is 64.2 cm³/mol. The number of aliphatic hydroxyl groups is 3. The van der Waals surface area contributed by atoms with Crippen LogP contribution in [-0.4, -0.2) is 55.7 Å². The molecule has 0 saturated carbocycles. The van der Waals surface area contributed by atoms with Crippen LogP contribution in [0.2, 0.25) is 0 Å². The molecule has 4 unspecified atom stereocenters. The minimum absolute atomic E-state index is 0.251. The Labute approximate surface area is 108 Å². The summed E-state index contributed by atoms with van der Waals surface area (Å²) in [5, 5.41) is 31.6. The minimum Gasteiger partial charge on any atom is -0.394 e. The summed E-state index contributed by atoms with van der Waals surface area (Å²) in [4.78, 5) is 8.14. The monoisotopic (exact) mass is 269 g/mol. The standard InChI is InChI=1S/C10H15N5O4/c11-10-12-1-4-8(14-10)15(3-13-4)9-7(18)6(17)5(2-16)19-9/h3,5-7,9,16-18H,1-2H2,(H3,11,12,14). The van der Waals surface area contributed by atoms with Crippen molar-refractivity contribution in [1.29, 1.82) is 0 Å². The van der Waals surface area contributed by atoms with Gasteiger partial charge in [0.15, 0.2) is 12.2 Å². The average molecular weight is 269 g/mol. The summed E-state index contributed by atoms with van der Waals surface area (Å²) >= 11 is 0. The highest BCUT2D eigenvalue weighted by Gasteiger charge is 2.44. The third-order valence-corrected chi connectivity index (χ3v) is 3.31. The summed E-state index contributed by atoms with van der Waals surface area (Å²) in [5.74, 6) is 0.823. The molecular weight excluding hydrogens is 254 g/mol. The summed E-state index contributed by atoms with van der Waals surface area (Å²) in [6.07, 6.45) is -2.49. The lowest BCUT2D eigenvalue weighted by Crippen LogP contribution is -2.34. The summed E-state index contributed by atoms with van der Waals surface area (Å²) < 4.78 is 6.98. The number of fused-ring (bicyclic) bond motifs is 1. The third kappa shape index (κ3) is 1.87. The van der Waals surface area contributed by atoms with Crippen LogP contribution in [-0.2, 0) is 11.3 Å². The van der Waals surface area contributed by atoms with Gasteiger partial charge in [0, 0.05) is 0 Å². The number of anilines is 1. The zero-order valence-corrected chi connectivity index (χ0v) is 9.97. The molecule has 0 aromatic carbocycles. The SMILES string of the molecule is NC1=NCc2ncn(C3OC(CO)C(O)C3O)c2N1. The average Bonchev–Trinajstić information content (AvgIpc) is 2.92. The van der Waals surface area contributed by atoms with Crippen LogP contribution in [0, 0.1) is 0 Å². The smallest absolute Gasteiger partial charge is 0.194 e. The molecule has 0 aliphatic carbocycles. The number of guanidine groups is 1. The Morgan fingerprint density at radius 2 is 2.26 bits per heavy atom. The van der Waals surface area contributed by atoms with Crippen molar-refractivity contribution in [3.63, 3.8) is 0 Å². The van der Waals surface area contributed by atoms with Crippen LogP contribution in [0.15, 0.2) is 11.3 Å². The van der Waals surface area contributed by atoms with Crippen molar-refractivity contribution in [2.24, 2.45) is 10.7 Å². The maximum atomic E-state index is 9.97. The quantitative estimate of drug-likeness (QED) is 0.408. The maximum Gasteiger partial charge on any atom is 0.194 e. The van der Waals surface area contributed by atoms with Gasteiger partial charge in [-0.25, -0.2) is 9.98 Å². The van der Waals surface area contributed by atoms with Gasteiger partial charge in [-0.05, 0) is 0 Å². The van der Waals surface area contributed by atoms with Gasteiger partial charge in [-0.2, -0.15) is 0 Å². The van der Waals surface area contributed by atoms with Gasteiger partial charge in [-0.1, -0.05) is 0 Å². The molecule has 0 spiro atoms. The van der Waals surface area contributed by atoms with E-state index in [4.69, 9.17) is 15.6 Å². The second-order valence-electron chi connectivity index (χ2n) is 4.50. The van der Waals surface area contributed by atoms with Gasteiger partial charge in [-0.3, -0.25) is 4.57 Å². The molecule has 9 heteroatoms. The number of ether oxygens (including phenoxy) is 1. The molecule has 0 radical (unpaired) electrons. The molecule has 3 heterocycles. The molecule has 3 rings (SSSR count). The fourth-order valence-corrected chi connectivity index (χ4v) is 2.28. The molecule has 0 bridgehead atoms. The van der Waals surface area contributed by atoms with E-state index in [-0.39, 0.29) is 12.6 Å². The molecular formula is C10H15N5O4. The number of aliphatic hydroxyl groups excluding tert-OH is 3. The maximum absolute atomic E-state index is 9.97. The lowest BCUT2D eigenvalue weighted by atomic mass is 10.1. The van der Waals surface area contributed by atoms with E-state index in [0.717, 1.165) is 0 Å². The summed E-state index contributed by atoms with van der Waals surface area (Å²) in [6.45, 7) is -0.0292. The Morgan fingerprint density at radius 3 is 2.95 bits per heavy atom. The molecule has 1 saturated heterocycles. The van der Waals surface area contributed by atoms with Gasteiger partial charge in [-0.15, -0.1) is 0 Å². The Balaban J connectivity index is 1.91. The molecule has 0 amide bonds. The van der Waals surface area contributed by atoms with Gasteiger partial charge < -0.3 is 31.1 Å². The highest BCUT2D eigenvalue weighted by molar-refractivity contribution is 5.93. The second-order valence-corrected chi connectivity index (χ2v) is 4.50. The van der Waals surface area contributed by atoms with E-state index >= 15 is 0 Å². The van der Waals surface area contributed by atoms with Crippen LogP contribution in [0.3, 0.4) is 0 Å². The molecule has 19 heavy (non-hydrogen) atoms. The van der Waals surface area contributed by atoms with Crippen molar-refractivity contribution in [1.82, 2.24) is 9.55 Å². The molecule has 4 atom stereocenters. The number of imidazole rings is 1. The zero-order chi connectivity index (χ0) is 13.6. The first-order valence-electron chi connectivity index (χ1n) is 5.87. The van der Waals surface area contributed by atoms with Gasteiger partial charge in [0.05, 0.1) is 19.5 Å². The molecule has 1 aromatic rings. The number of aliphatic imine (C=N–C) groups is 1. The lowest BCUT2D eigenvalue weighted by Gasteiger charge is -2.21. The van der Waals surface area contributed by atoms with Crippen LogP contribution in [0.1, 0.15) is 11.9 Å². The second kappa shape index (κ2) is 4.46. The van der Waals surface area contributed by atoms with Crippen LogP contribution in [0.25, 0.3) is 0 Å². The van der Waals surface area contributed by atoms with Gasteiger partial charge in [0.25, 0.3) is 0 Å². The molecule has 1 fully saturated rings. The molecule has 104 valence electrons. The lowest BCUT2D eigenvalue weighted by molar-refractivity contribution is -0.0518. The van der Waals surface area contributed by atoms with Crippen molar-refractivity contribution >= 4 is 11.8 Å². The highest BCUT2D eigenvalue weighted by Crippen LogP contribution is 2.33. The van der Waals surface area contributed by atoms with Gasteiger partial charge in [0.1, 0.15) is 29.8 Å². The largest absolute Gasteiger partial charge is 0.394 e. The van der Waals surface area contributed by atoms with Crippen LogP contribution in [0.5, 0.6) is 0 Å². The fourth-order valence-electron chi connectivity index (χ4n) is 2.28. The van der Waals surface area contributed by atoms with E-state index in [1.54, 1.807) is 4.57 Å². The first kappa shape index (κ1) is 12.4. The molecule has 9 nitrogen and oxygen atoms in total. The van der Waals surface area contributed by atoms with Gasteiger partial charge in [0.2, 0.25) is 0 Å². The first-order valence-corrected chi connectivity index (χ1v) is 5.87. The Kier molecular flexibility index (Phi) is 2.90. The van der Waals surface area contributed by atoms with Crippen molar-refractivity contribution in [3.8, 4) is 0 Å². The Bertz CT molecular complexity index is 516. The number of rotatable bonds is 2. The Hall–Kier alpha value is -1.68. The van der Waals surface area contributed by atoms with E-state index in [1.807, 2.05) is 0 Å². The molecule has 1 aromatic heterocycles. The molecule has 2 aliphatic heterocycles. The van der Waals surface area contributed by atoms with E-state index in [0.29, 0.717) is 18.1 Å². The minimum atomic E-state index is -1.16. The number of nitrogens with two attached hydrogens (primary N) is 1. The van der Waals surface area contributed by atoms with E-state index in [1.165, 1.54) is 6.33 Å². The van der Waals surface area contributed by atoms with Crippen molar-refractivity contribution < 1.29 is 20.1 Å². The highest BCUT2D eigenvalue weighted by atomic mass is 16.6. The number of nitrogens with one attached hydrogen (secondary N) is 1. The number of hydrogen-bond donors (Lipinski definition) is 5. The number of hydrogen-bond acceptors (Lipinski definition) is 8. The third-order valence-electron chi connectivity index (χ3n) is 3.31. The predicted octanol–water partition coefficient (Wildman–Crippen LogP) is -2.27. The first-order chi connectivity index (χ1) is 9.11. The summed E-state index contributed by atoms with van der Waals surface area (Å²) in [6, 6.07) is 0. The number of nitrogens with zero attached hydrogens (tertiary/aromatic N) is 3. The van der Waals surface area contributed by atoms with Crippen LogP contribution in [0.4, 0.5) is 5.82 Å². The molecule has 2 aliphatic rings. The van der Waals surface area contributed by atoms with E-state index < -0.39 is 24.5 Å². The summed E-state index contributed by atoms with van der Waals surface area (Å²) in [7, 11) is 0. The topological polar surface area (TPSA) is 138 Å². The summed E-state index contributed by atoms with van der Waals surface area (Å²) in [5.41, 5.74) is 6.27. The molecule has 6 N–H and O–H groups in total. The number of aromatic nitrogens is 2. The fraction of sp³-hybridized carbons (Fsp3) is 0.600. The van der Waals surface area contributed by atoms with Gasteiger partial charge >= 0.3 is 0 Å². The van der Waals surface area contributed by atoms with Crippen molar-refractivity contribution in [2.75, 3.05) is 11.9 Å². The van der Waals surface area contributed by atoms with Crippen molar-refractivity contribution in [3.05, 3.63) is 12.0 Å².